The van der Waals surface area contributed by atoms with Crippen LogP contribution < -0.4 is 5.32 Å². The van der Waals surface area contributed by atoms with Gasteiger partial charge in [-0.2, -0.15) is 0 Å². The lowest BCUT2D eigenvalue weighted by Gasteiger charge is -2.19. The maximum absolute atomic E-state index is 3.50. The van der Waals surface area contributed by atoms with Crippen molar-refractivity contribution in [1.82, 2.24) is 10.2 Å². The largest absolute Gasteiger partial charge is 0.384 e. The van der Waals surface area contributed by atoms with Gasteiger partial charge in [0, 0.05) is 18.8 Å². The van der Waals surface area contributed by atoms with Gasteiger partial charge in [-0.15, -0.1) is 0 Å². The number of hydrogen-bond acceptors (Lipinski definition) is 2. The predicted molar refractivity (Wildman–Crippen MR) is 75.9 cm³/mol. The van der Waals surface area contributed by atoms with Gasteiger partial charge < -0.3 is 10.2 Å². The van der Waals surface area contributed by atoms with Crippen molar-refractivity contribution in [3.63, 3.8) is 0 Å². The first-order valence-corrected chi connectivity index (χ1v) is 6.49. The first-order chi connectivity index (χ1) is 8.31. The van der Waals surface area contributed by atoms with Crippen LogP contribution in [0.25, 0.3) is 5.70 Å². The Bertz CT molecular complexity index is 326. The molecule has 0 spiro atoms. The Kier molecular flexibility index (Phi) is 6.41. The Morgan fingerprint density at radius 3 is 2.35 bits per heavy atom. The molecule has 0 fully saturated rings. The molecule has 94 valence electrons. The molecule has 2 heteroatoms. The fourth-order valence-corrected chi connectivity index (χ4v) is 1.88. The molecule has 0 bridgehead atoms. The van der Waals surface area contributed by atoms with Crippen LogP contribution in [0.5, 0.6) is 0 Å². The van der Waals surface area contributed by atoms with Gasteiger partial charge >= 0.3 is 0 Å². The lowest BCUT2D eigenvalue weighted by atomic mass is 10.1. The number of nitrogens with zero attached hydrogens (tertiary/aromatic N) is 1. The van der Waals surface area contributed by atoms with Gasteiger partial charge in [-0.05, 0) is 25.6 Å². The van der Waals surface area contributed by atoms with Crippen molar-refractivity contribution in [2.24, 2.45) is 0 Å². The van der Waals surface area contributed by atoms with Crippen molar-refractivity contribution in [1.29, 1.82) is 0 Å². The molecule has 17 heavy (non-hydrogen) atoms. The van der Waals surface area contributed by atoms with Crippen molar-refractivity contribution in [2.45, 2.75) is 20.8 Å². The minimum Gasteiger partial charge on any atom is -0.384 e. The summed E-state index contributed by atoms with van der Waals surface area (Å²) in [4.78, 5) is 2.42. The minimum absolute atomic E-state index is 0.996. The molecule has 0 aliphatic carbocycles. The summed E-state index contributed by atoms with van der Waals surface area (Å²) in [5, 5.41) is 3.50. The van der Waals surface area contributed by atoms with E-state index >= 15 is 0 Å². The van der Waals surface area contributed by atoms with Crippen LogP contribution in [-0.4, -0.2) is 31.1 Å². The van der Waals surface area contributed by atoms with Crippen LogP contribution in [0, 0.1) is 0 Å². The van der Waals surface area contributed by atoms with Gasteiger partial charge in [0.15, 0.2) is 0 Å². The van der Waals surface area contributed by atoms with E-state index in [1.54, 1.807) is 0 Å². The monoisotopic (exact) mass is 232 g/mol. The molecule has 0 heterocycles. The maximum Gasteiger partial charge on any atom is 0.0370 e. The summed E-state index contributed by atoms with van der Waals surface area (Å²) < 4.78 is 0. The van der Waals surface area contributed by atoms with E-state index in [0.29, 0.717) is 0 Å². The topological polar surface area (TPSA) is 15.3 Å². The van der Waals surface area contributed by atoms with Crippen LogP contribution in [-0.2, 0) is 0 Å². The van der Waals surface area contributed by atoms with Gasteiger partial charge in [-0.25, -0.2) is 0 Å². The minimum atomic E-state index is 0.996. The Morgan fingerprint density at radius 2 is 1.82 bits per heavy atom. The van der Waals surface area contributed by atoms with Gasteiger partial charge in [0.25, 0.3) is 0 Å². The third-order valence-corrected chi connectivity index (χ3v) is 3.01. The van der Waals surface area contributed by atoms with Crippen molar-refractivity contribution >= 4 is 5.70 Å². The highest BCUT2D eigenvalue weighted by atomic mass is 15.1. The number of nitrogens with one attached hydrogen (secondary N) is 1. The highest BCUT2D eigenvalue weighted by Crippen LogP contribution is 2.09. The first-order valence-electron chi connectivity index (χ1n) is 6.49. The van der Waals surface area contributed by atoms with Crippen molar-refractivity contribution in [3.05, 3.63) is 42.0 Å². The Morgan fingerprint density at radius 1 is 1.18 bits per heavy atom. The molecule has 2 nitrogen and oxygen atoms in total. The predicted octanol–water partition coefficient (Wildman–Crippen LogP) is 2.98. The van der Waals surface area contributed by atoms with E-state index in [1.165, 1.54) is 11.3 Å². The quantitative estimate of drug-likeness (QED) is 0.777. The zero-order chi connectivity index (χ0) is 12.5. The van der Waals surface area contributed by atoms with Gasteiger partial charge in [0.05, 0.1) is 0 Å². The molecular weight excluding hydrogens is 208 g/mol. The molecular formula is C15H24N2. The molecule has 1 aromatic carbocycles. The highest BCUT2D eigenvalue weighted by Gasteiger charge is 2.01. The van der Waals surface area contributed by atoms with Crippen LogP contribution in [0.1, 0.15) is 26.3 Å². The van der Waals surface area contributed by atoms with E-state index in [4.69, 9.17) is 0 Å². The summed E-state index contributed by atoms with van der Waals surface area (Å²) in [5.74, 6) is 0. The number of hydrogen-bond donors (Lipinski definition) is 1. The summed E-state index contributed by atoms with van der Waals surface area (Å²) >= 11 is 0. The van der Waals surface area contributed by atoms with Crippen molar-refractivity contribution < 1.29 is 0 Å². The van der Waals surface area contributed by atoms with E-state index in [2.05, 4.69) is 61.3 Å². The second-order valence-corrected chi connectivity index (χ2v) is 4.02. The third-order valence-electron chi connectivity index (χ3n) is 3.01. The van der Waals surface area contributed by atoms with Crippen LogP contribution in [0.4, 0.5) is 0 Å². The van der Waals surface area contributed by atoms with E-state index < -0.39 is 0 Å². The standard InChI is InChI=1S/C15H24N2/c1-4-15(14-10-8-7-9-11-14)16-12-13-17(5-2)6-3/h4,7-11,16H,5-6,12-13H2,1-3H3/b15-4+. The molecule has 1 N–H and O–H groups in total. The summed E-state index contributed by atoms with van der Waals surface area (Å²) in [6.07, 6.45) is 2.14. The molecule has 1 aromatic rings. The molecule has 0 aliphatic heterocycles. The molecule has 0 aromatic heterocycles. The van der Waals surface area contributed by atoms with Gasteiger partial charge in [-0.1, -0.05) is 50.3 Å². The molecule has 0 radical (unpaired) electrons. The molecule has 0 saturated heterocycles. The lowest BCUT2D eigenvalue weighted by molar-refractivity contribution is 0.308. The smallest absolute Gasteiger partial charge is 0.0370 e. The summed E-state index contributed by atoms with van der Waals surface area (Å²) in [6.45, 7) is 10.8. The fraction of sp³-hybridized carbons (Fsp3) is 0.467. The Hall–Kier alpha value is -1.28. The van der Waals surface area contributed by atoms with Crippen LogP contribution in [0.15, 0.2) is 36.4 Å². The zero-order valence-corrected chi connectivity index (χ0v) is 11.2. The summed E-state index contributed by atoms with van der Waals surface area (Å²) in [5.41, 5.74) is 2.48. The van der Waals surface area contributed by atoms with Gasteiger partial charge in [0.1, 0.15) is 0 Å². The van der Waals surface area contributed by atoms with E-state index in [0.717, 1.165) is 26.2 Å². The van der Waals surface area contributed by atoms with Crippen LogP contribution in [0.2, 0.25) is 0 Å². The fourth-order valence-electron chi connectivity index (χ4n) is 1.88. The number of rotatable bonds is 7. The average molecular weight is 232 g/mol. The average Bonchev–Trinajstić information content (AvgIpc) is 2.40. The van der Waals surface area contributed by atoms with E-state index in [-0.39, 0.29) is 0 Å². The zero-order valence-electron chi connectivity index (χ0n) is 11.2. The Balaban J connectivity index is 2.45. The van der Waals surface area contributed by atoms with E-state index in [1.807, 2.05) is 6.07 Å². The summed E-state index contributed by atoms with van der Waals surface area (Å²) in [7, 11) is 0. The SMILES string of the molecule is C/C=C(/NCCN(CC)CC)c1ccccc1. The van der Waals surface area contributed by atoms with Crippen molar-refractivity contribution in [3.8, 4) is 0 Å². The molecule has 0 atom stereocenters. The number of benzene rings is 1. The molecule has 0 amide bonds. The second-order valence-electron chi connectivity index (χ2n) is 4.02. The van der Waals surface area contributed by atoms with Crippen molar-refractivity contribution in [2.75, 3.05) is 26.2 Å². The first kappa shape index (κ1) is 13.8. The molecule has 1 rings (SSSR count). The van der Waals surface area contributed by atoms with E-state index in [9.17, 15) is 0 Å². The van der Waals surface area contributed by atoms with Gasteiger partial charge in [0.2, 0.25) is 0 Å². The highest BCUT2D eigenvalue weighted by molar-refractivity contribution is 5.63. The Labute approximate surface area is 105 Å². The molecule has 0 saturated carbocycles. The number of likely N-dealkylation sites (N-methyl/N-ethyl adjacent to an activating group) is 1. The van der Waals surface area contributed by atoms with Crippen LogP contribution in [0.3, 0.4) is 0 Å². The second kappa shape index (κ2) is 7.91. The summed E-state index contributed by atoms with van der Waals surface area (Å²) in [6, 6.07) is 10.5. The molecule has 0 aliphatic rings. The lowest BCUT2D eigenvalue weighted by Crippen LogP contribution is -2.31. The molecule has 0 unspecified atom stereocenters. The van der Waals surface area contributed by atoms with Crippen LogP contribution >= 0.6 is 0 Å². The number of allylic oxidation sites excluding steroid dienone is 1. The maximum atomic E-state index is 3.50. The third kappa shape index (κ3) is 4.61. The van der Waals surface area contributed by atoms with Gasteiger partial charge in [-0.3, -0.25) is 0 Å². The normalized spacial score (nSPS) is 11.9.